The Morgan fingerprint density at radius 3 is 2.80 bits per heavy atom. The van der Waals surface area contributed by atoms with Gasteiger partial charge in [0.15, 0.2) is 0 Å². The number of nitrogens with zero attached hydrogens (tertiary/aromatic N) is 1. The van der Waals surface area contributed by atoms with Crippen LogP contribution in [-0.4, -0.2) is 12.5 Å². The number of amides is 1. The first-order valence-electron chi connectivity index (χ1n) is 6.15. The second-order valence-electron chi connectivity index (χ2n) is 4.64. The molecule has 0 saturated carbocycles. The molecule has 1 amide bonds. The van der Waals surface area contributed by atoms with E-state index < -0.39 is 0 Å². The van der Waals surface area contributed by atoms with Crippen molar-refractivity contribution in [2.75, 3.05) is 11.4 Å². The lowest BCUT2D eigenvalue weighted by atomic mass is 10.1. The van der Waals surface area contributed by atoms with Crippen molar-refractivity contribution in [1.29, 1.82) is 0 Å². The zero-order valence-corrected chi connectivity index (χ0v) is 12.9. The van der Waals surface area contributed by atoms with E-state index in [9.17, 15) is 9.18 Å². The van der Waals surface area contributed by atoms with Gasteiger partial charge in [-0.2, -0.15) is 0 Å². The molecule has 0 aromatic heterocycles. The fourth-order valence-electron chi connectivity index (χ4n) is 2.39. The highest BCUT2D eigenvalue weighted by Gasteiger charge is 2.26. The van der Waals surface area contributed by atoms with Gasteiger partial charge in [0, 0.05) is 15.9 Å². The summed E-state index contributed by atoms with van der Waals surface area (Å²) < 4.78 is 14.2. The Hall–Kier alpha value is -1.33. The van der Waals surface area contributed by atoms with Crippen LogP contribution in [-0.2, 0) is 6.42 Å². The van der Waals surface area contributed by atoms with Crippen molar-refractivity contribution in [3.05, 3.63) is 57.8 Å². The van der Waals surface area contributed by atoms with Crippen molar-refractivity contribution in [3.8, 4) is 0 Å². The summed E-state index contributed by atoms with van der Waals surface area (Å²) in [7, 11) is 0. The topological polar surface area (TPSA) is 20.3 Å². The summed E-state index contributed by atoms with van der Waals surface area (Å²) in [6, 6.07) is 9.88. The lowest BCUT2D eigenvalue weighted by Crippen LogP contribution is -2.29. The van der Waals surface area contributed by atoms with Gasteiger partial charge in [-0.3, -0.25) is 4.79 Å². The van der Waals surface area contributed by atoms with Crippen LogP contribution in [0, 0.1) is 5.82 Å². The minimum absolute atomic E-state index is 0.146. The summed E-state index contributed by atoms with van der Waals surface area (Å²) in [5.74, 6) is -0.475. The van der Waals surface area contributed by atoms with Crippen LogP contribution in [0.15, 0.2) is 45.8 Å². The van der Waals surface area contributed by atoms with Crippen molar-refractivity contribution in [2.45, 2.75) is 11.3 Å². The molecule has 3 rings (SSSR count). The Balaban J connectivity index is 1.99. The summed E-state index contributed by atoms with van der Waals surface area (Å²) in [5.41, 5.74) is 2.18. The molecule has 0 spiro atoms. The quantitative estimate of drug-likeness (QED) is 0.767. The molecule has 102 valence electrons. The first-order chi connectivity index (χ1) is 9.56. The molecule has 0 aliphatic carbocycles. The van der Waals surface area contributed by atoms with Crippen molar-refractivity contribution >= 4 is 40.2 Å². The average molecular weight is 352 g/mol. The van der Waals surface area contributed by atoms with Crippen LogP contribution in [0.1, 0.15) is 15.9 Å². The third kappa shape index (κ3) is 2.36. The SMILES string of the molecule is O=C(c1ccc(Br)cc1S)N1CCc2ccc(F)cc21. The molecule has 0 unspecified atom stereocenters. The minimum atomic E-state index is -0.328. The predicted molar refractivity (Wildman–Crippen MR) is 83.2 cm³/mol. The van der Waals surface area contributed by atoms with E-state index in [0.717, 1.165) is 16.5 Å². The Bertz CT molecular complexity index is 704. The van der Waals surface area contributed by atoms with Crippen molar-refractivity contribution < 1.29 is 9.18 Å². The Morgan fingerprint density at radius 1 is 1.25 bits per heavy atom. The largest absolute Gasteiger partial charge is 0.308 e. The number of thiol groups is 1. The highest BCUT2D eigenvalue weighted by atomic mass is 79.9. The molecule has 2 aromatic rings. The van der Waals surface area contributed by atoms with Crippen molar-refractivity contribution in [2.24, 2.45) is 0 Å². The highest BCUT2D eigenvalue weighted by Crippen LogP contribution is 2.31. The molecule has 0 radical (unpaired) electrons. The number of anilines is 1. The maximum atomic E-state index is 13.4. The summed E-state index contributed by atoms with van der Waals surface area (Å²) in [6.45, 7) is 0.570. The number of hydrogen-bond donors (Lipinski definition) is 1. The van der Waals surface area contributed by atoms with Crippen LogP contribution >= 0.6 is 28.6 Å². The molecule has 0 atom stereocenters. The van der Waals surface area contributed by atoms with Gasteiger partial charge in [-0.15, -0.1) is 12.6 Å². The number of carbonyl (C=O) groups is 1. The third-order valence-electron chi connectivity index (χ3n) is 3.38. The summed E-state index contributed by atoms with van der Waals surface area (Å²) in [5, 5.41) is 0. The minimum Gasteiger partial charge on any atom is -0.308 e. The normalized spacial score (nSPS) is 13.4. The molecule has 0 bridgehead atoms. The highest BCUT2D eigenvalue weighted by molar-refractivity contribution is 9.10. The third-order valence-corrected chi connectivity index (χ3v) is 4.24. The van der Waals surface area contributed by atoms with Crippen LogP contribution in [0.5, 0.6) is 0 Å². The zero-order valence-electron chi connectivity index (χ0n) is 10.4. The van der Waals surface area contributed by atoms with Gasteiger partial charge in [0.05, 0.1) is 11.3 Å². The van der Waals surface area contributed by atoms with E-state index in [2.05, 4.69) is 28.6 Å². The number of hydrogen-bond acceptors (Lipinski definition) is 2. The molecule has 0 saturated heterocycles. The van der Waals surface area contributed by atoms with E-state index in [1.807, 2.05) is 0 Å². The maximum absolute atomic E-state index is 13.4. The van der Waals surface area contributed by atoms with E-state index in [1.165, 1.54) is 12.1 Å². The molecule has 1 heterocycles. The number of halogens is 2. The molecule has 0 fully saturated rings. The number of rotatable bonds is 1. The summed E-state index contributed by atoms with van der Waals surface area (Å²) in [4.78, 5) is 14.8. The van der Waals surface area contributed by atoms with Gasteiger partial charge in [0.1, 0.15) is 5.82 Å². The molecule has 20 heavy (non-hydrogen) atoms. The number of carbonyl (C=O) groups excluding carboxylic acids is 1. The number of benzene rings is 2. The first kappa shape index (κ1) is 13.6. The average Bonchev–Trinajstić information content (AvgIpc) is 2.81. The molecule has 0 N–H and O–H groups in total. The van der Waals surface area contributed by atoms with Gasteiger partial charge < -0.3 is 4.90 Å². The fourth-order valence-corrected chi connectivity index (χ4v) is 3.24. The van der Waals surface area contributed by atoms with Crippen LogP contribution < -0.4 is 4.90 Å². The van der Waals surface area contributed by atoms with Gasteiger partial charge in [-0.05, 0) is 42.3 Å². The standard InChI is InChI=1S/C15H11BrFNOS/c16-10-2-4-12(14(20)7-10)15(19)18-6-5-9-1-3-11(17)8-13(9)18/h1-4,7-8,20H,5-6H2. The molecule has 1 aliphatic heterocycles. The van der Waals surface area contributed by atoms with Crippen LogP contribution in [0.3, 0.4) is 0 Å². The number of fused-ring (bicyclic) bond motifs is 1. The van der Waals surface area contributed by atoms with E-state index in [1.54, 1.807) is 29.2 Å². The molecule has 1 aliphatic rings. The molecular weight excluding hydrogens is 341 g/mol. The van der Waals surface area contributed by atoms with Gasteiger partial charge in [0.25, 0.3) is 5.91 Å². The zero-order chi connectivity index (χ0) is 14.3. The van der Waals surface area contributed by atoms with Crippen molar-refractivity contribution in [3.63, 3.8) is 0 Å². The molecule has 5 heteroatoms. The predicted octanol–water partition coefficient (Wildman–Crippen LogP) is 4.08. The van der Waals surface area contributed by atoms with Gasteiger partial charge in [-0.25, -0.2) is 4.39 Å². The fraction of sp³-hybridized carbons (Fsp3) is 0.133. The lowest BCUT2D eigenvalue weighted by Gasteiger charge is -2.18. The smallest absolute Gasteiger partial charge is 0.259 e. The summed E-state index contributed by atoms with van der Waals surface area (Å²) in [6.07, 6.45) is 0.750. The summed E-state index contributed by atoms with van der Waals surface area (Å²) >= 11 is 7.68. The monoisotopic (exact) mass is 351 g/mol. The van der Waals surface area contributed by atoms with Crippen LogP contribution in [0.4, 0.5) is 10.1 Å². The Morgan fingerprint density at radius 2 is 2.05 bits per heavy atom. The lowest BCUT2D eigenvalue weighted by molar-refractivity contribution is 0.0986. The Kier molecular flexibility index (Phi) is 3.56. The van der Waals surface area contributed by atoms with E-state index in [-0.39, 0.29) is 11.7 Å². The van der Waals surface area contributed by atoms with E-state index >= 15 is 0 Å². The maximum Gasteiger partial charge on any atom is 0.259 e. The van der Waals surface area contributed by atoms with Gasteiger partial charge >= 0.3 is 0 Å². The second-order valence-corrected chi connectivity index (χ2v) is 6.04. The molecule has 2 aromatic carbocycles. The Labute approximate surface area is 130 Å². The van der Waals surface area contributed by atoms with Crippen LogP contribution in [0.2, 0.25) is 0 Å². The molecular formula is C15H11BrFNOS. The van der Waals surface area contributed by atoms with E-state index in [4.69, 9.17) is 0 Å². The van der Waals surface area contributed by atoms with Crippen molar-refractivity contribution in [1.82, 2.24) is 0 Å². The van der Waals surface area contributed by atoms with Gasteiger partial charge in [-0.1, -0.05) is 22.0 Å². The van der Waals surface area contributed by atoms with E-state index in [0.29, 0.717) is 22.7 Å². The van der Waals surface area contributed by atoms with Gasteiger partial charge in [0.2, 0.25) is 0 Å². The second kappa shape index (κ2) is 5.22. The van der Waals surface area contributed by atoms with Crippen LogP contribution in [0.25, 0.3) is 0 Å². The first-order valence-corrected chi connectivity index (χ1v) is 7.39. The molecule has 2 nitrogen and oxygen atoms in total.